The lowest BCUT2D eigenvalue weighted by molar-refractivity contribution is -0.115. The van der Waals surface area contributed by atoms with Gasteiger partial charge in [-0.05, 0) is 31.4 Å². The van der Waals surface area contributed by atoms with Gasteiger partial charge in [0.05, 0.1) is 0 Å². The minimum atomic E-state index is -0.222. The van der Waals surface area contributed by atoms with Crippen molar-refractivity contribution < 1.29 is 4.79 Å². The average Bonchev–Trinajstić information content (AvgIpc) is 2.66. The number of hydrogen-bond acceptors (Lipinski definition) is 2. The lowest BCUT2D eigenvalue weighted by atomic mass is 9.86. The van der Waals surface area contributed by atoms with Gasteiger partial charge in [-0.1, -0.05) is 38.5 Å². The largest absolute Gasteiger partial charge is 0.367 e. The zero-order valence-electron chi connectivity index (χ0n) is 11.6. The van der Waals surface area contributed by atoms with Crippen LogP contribution in [0.15, 0.2) is 24.3 Å². The van der Waals surface area contributed by atoms with Crippen LogP contribution < -0.4 is 4.90 Å². The molecule has 0 fully saturated rings. The Kier molecular flexibility index (Phi) is 3.74. The summed E-state index contributed by atoms with van der Waals surface area (Å²) in [7, 11) is 0. The molecule has 0 spiro atoms. The van der Waals surface area contributed by atoms with Gasteiger partial charge in [-0.25, -0.2) is 0 Å². The summed E-state index contributed by atoms with van der Waals surface area (Å²) >= 11 is 0. The molecule has 0 aliphatic carbocycles. The maximum Gasteiger partial charge on any atom is 0.127 e. The second-order valence-electron chi connectivity index (χ2n) is 5.83. The Balaban J connectivity index is 2.21. The number of rotatable bonds is 5. The summed E-state index contributed by atoms with van der Waals surface area (Å²) in [6, 6.07) is 9.06. The molecule has 1 aromatic rings. The van der Waals surface area contributed by atoms with Crippen LogP contribution in [-0.4, -0.2) is 18.9 Å². The van der Waals surface area contributed by atoms with Gasteiger partial charge in [-0.2, -0.15) is 0 Å². The molecule has 0 N–H and O–H groups in total. The van der Waals surface area contributed by atoms with Crippen molar-refractivity contribution in [3.8, 4) is 0 Å². The SMILES string of the molecule is CCCC(C)(C=O)CN1c2ccccc2CC1C. The van der Waals surface area contributed by atoms with Crippen molar-refractivity contribution in [1.29, 1.82) is 0 Å². The lowest BCUT2D eigenvalue weighted by Gasteiger charge is -2.33. The van der Waals surface area contributed by atoms with Crippen molar-refractivity contribution in [2.24, 2.45) is 5.41 Å². The quantitative estimate of drug-likeness (QED) is 0.741. The molecule has 0 amide bonds. The third-order valence-electron chi connectivity index (χ3n) is 3.99. The van der Waals surface area contributed by atoms with Crippen LogP contribution in [0.1, 0.15) is 39.2 Å². The maximum absolute atomic E-state index is 11.4. The lowest BCUT2D eigenvalue weighted by Crippen LogP contribution is -2.40. The summed E-state index contributed by atoms with van der Waals surface area (Å²) in [4.78, 5) is 13.8. The number of aldehydes is 1. The highest BCUT2D eigenvalue weighted by atomic mass is 16.1. The molecule has 0 aromatic heterocycles. The molecule has 2 heteroatoms. The Morgan fingerprint density at radius 3 is 2.83 bits per heavy atom. The molecule has 1 aromatic carbocycles. The van der Waals surface area contributed by atoms with Crippen molar-refractivity contribution in [3.05, 3.63) is 29.8 Å². The Morgan fingerprint density at radius 2 is 2.17 bits per heavy atom. The first-order valence-electron chi connectivity index (χ1n) is 6.90. The fourth-order valence-corrected chi connectivity index (χ4v) is 3.01. The Bertz CT molecular complexity index is 429. The highest BCUT2D eigenvalue weighted by Crippen LogP contribution is 2.35. The molecule has 1 heterocycles. The van der Waals surface area contributed by atoms with Gasteiger partial charge in [0.15, 0.2) is 0 Å². The second-order valence-corrected chi connectivity index (χ2v) is 5.83. The first kappa shape index (κ1) is 13.1. The standard InChI is InChI=1S/C16H23NO/c1-4-9-16(3,12-18)11-17-13(2)10-14-7-5-6-8-15(14)17/h5-8,12-13H,4,9-11H2,1-3H3. The van der Waals surface area contributed by atoms with Crippen molar-refractivity contribution in [2.75, 3.05) is 11.4 Å². The summed E-state index contributed by atoms with van der Waals surface area (Å²) in [5, 5.41) is 0. The zero-order chi connectivity index (χ0) is 13.2. The summed E-state index contributed by atoms with van der Waals surface area (Å²) < 4.78 is 0. The fourth-order valence-electron chi connectivity index (χ4n) is 3.01. The average molecular weight is 245 g/mol. The number of fused-ring (bicyclic) bond motifs is 1. The van der Waals surface area contributed by atoms with Gasteiger partial charge >= 0.3 is 0 Å². The first-order valence-corrected chi connectivity index (χ1v) is 6.90. The molecule has 2 atom stereocenters. The summed E-state index contributed by atoms with van der Waals surface area (Å²) in [6.45, 7) is 7.31. The monoisotopic (exact) mass is 245 g/mol. The summed E-state index contributed by atoms with van der Waals surface area (Å²) in [6.07, 6.45) is 4.25. The number of para-hydroxylation sites is 1. The molecule has 0 bridgehead atoms. The third-order valence-corrected chi connectivity index (χ3v) is 3.99. The van der Waals surface area contributed by atoms with Crippen LogP contribution >= 0.6 is 0 Å². The third kappa shape index (κ3) is 2.43. The van der Waals surface area contributed by atoms with Crippen molar-refractivity contribution >= 4 is 12.0 Å². The van der Waals surface area contributed by atoms with Gasteiger partial charge < -0.3 is 9.69 Å². The molecule has 0 saturated heterocycles. The van der Waals surface area contributed by atoms with E-state index in [0.717, 1.165) is 32.1 Å². The highest BCUT2D eigenvalue weighted by Gasteiger charge is 2.32. The van der Waals surface area contributed by atoms with Crippen molar-refractivity contribution in [1.82, 2.24) is 0 Å². The van der Waals surface area contributed by atoms with Crippen molar-refractivity contribution in [3.63, 3.8) is 0 Å². The Hall–Kier alpha value is -1.31. The van der Waals surface area contributed by atoms with E-state index in [1.54, 1.807) is 0 Å². The molecule has 2 nitrogen and oxygen atoms in total. The Labute approximate surface area is 110 Å². The fraction of sp³-hybridized carbons (Fsp3) is 0.562. The topological polar surface area (TPSA) is 20.3 Å². The number of carbonyl (C=O) groups excluding carboxylic acids is 1. The molecular weight excluding hydrogens is 222 g/mol. The molecule has 1 aliphatic heterocycles. The number of carbonyl (C=O) groups is 1. The van der Waals surface area contributed by atoms with Crippen LogP contribution in [0.25, 0.3) is 0 Å². The van der Waals surface area contributed by atoms with Gasteiger partial charge in [-0.3, -0.25) is 0 Å². The predicted molar refractivity (Wildman–Crippen MR) is 76.0 cm³/mol. The predicted octanol–water partition coefficient (Wildman–Crippen LogP) is 3.44. The highest BCUT2D eigenvalue weighted by molar-refractivity contribution is 5.64. The normalized spacial score (nSPS) is 21.5. The summed E-state index contributed by atoms with van der Waals surface area (Å²) in [5.41, 5.74) is 2.50. The van der Waals surface area contributed by atoms with Gasteiger partial charge in [0.1, 0.15) is 6.29 Å². The molecule has 18 heavy (non-hydrogen) atoms. The maximum atomic E-state index is 11.4. The van der Waals surface area contributed by atoms with Gasteiger partial charge in [0.2, 0.25) is 0 Å². The summed E-state index contributed by atoms with van der Waals surface area (Å²) in [5.74, 6) is 0. The molecule has 2 rings (SSSR count). The minimum absolute atomic E-state index is 0.222. The van der Waals surface area contributed by atoms with E-state index < -0.39 is 0 Å². The van der Waals surface area contributed by atoms with Crippen LogP contribution in [0.4, 0.5) is 5.69 Å². The van der Waals surface area contributed by atoms with E-state index in [4.69, 9.17) is 0 Å². The zero-order valence-corrected chi connectivity index (χ0v) is 11.6. The number of hydrogen-bond donors (Lipinski definition) is 0. The molecule has 98 valence electrons. The van der Waals surface area contributed by atoms with E-state index in [-0.39, 0.29) is 5.41 Å². The van der Waals surface area contributed by atoms with Crippen LogP contribution in [0.3, 0.4) is 0 Å². The van der Waals surface area contributed by atoms with Crippen LogP contribution in [0.5, 0.6) is 0 Å². The van der Waals surface area contributed by atoms with Crippen LogP contribution in [0.2, 0.25) is 0 Å². The minimum Gasteiger partial charge on any atom is -0.367 e. The molecule has 0 radical (unpaired) electrons. The number of benzene rings is 1. The number of nitrogens with zero attached hydrogens (tertiary/aromatic N) is 1. The van der Waals surface area contributed by atoms with E-state index in [1.165, 1.54) is 11.3 Å². The van der Waals surface area contributed by atoms with Crippen LogP contribution in [-0.2, 0) is 11.2 Å². The molecular formula is C16H23NO. The van der Waals surface area contributed by atoms with E-state index in [0.29, 0.717) is 6.04 Å². The van der Waals surface area contributed by atoms with E-state index >= 15 is 0 Å². The molecule has 1 aliphatic rings. The van der Waals surface area contributed by atoms with Crippen molar-refractivity contribution in [2.45, 2.75) is 46.1 Å². The first-order chi connectivity index (χ1) is 8.59. The molecule has 2 unspecified atom stereocenters. The number of anilines is 1. The van der Waals surface area contributed by atoms with Gasteiger partial charge in [0.25, 0.3) is 0 Å². The van der Waals surface area contributed by atoms with E-state index in [1.807, 2.05) is 0 Å². The van der Waals surface area contributed by atoms with E-state index in [2.05, 4.69) is 49.9 Å². The van der Waals surface area contributed by atoms with Gasteiger partial charge in [0, 0.05) is 23.7 Å². The smallest absolute Gasteiger partial charge is 0.127 e. The second kappa shape index (κ2) is 5.13. The van der Waals surface area contributed by atoms with Crippen LogP contribution in [0, 0.1) is 5.41 Å². The Morgan fingerprint density at radius 1 is 1.44 bits per heavy atom. The van der Waals surface area contributed by atoms with Gasteiger partial charge in [-0.15, -0.1) is 0 Å². The molecule has 0 saturated carbocycles. The van der Waals surface area contributed by atoms with E-state index in [9.17, 15) is 4.79 Å².